The summed E-state index contributed by atoms with van der Waals surface area (Å²) < 4.78 is 0. The molecule has 17 heavy (non-hydrogen) atoms. The van der Waals surface area contributed by atoms with Crippen LogP contribution in [0.3, 0.4) is 0 Å². The van der Waals surface area contributed by atoms with E-state index in [1.165, 1.54) is 0 Å². The number of hydrazone groups is 1. The molecule has 90 valence electrons. The number of rotatable bonds is 3. The van der Waals surface area contributed by atoms with Crippen molar-refractivity contribution in [3.63, 3.8) is 0 Å². The fourth-order valence-corrected chi connectivity index (χ4v) is 1.99. The minimum atomic E-state index is -0.322. The molecule has 0 spiro atoms. The lowest BCUT2D eigenvalue weighted by atomic mass is 9.87. The largest absolute Gasteiger partial charge is 0.295 e. The van der Waals surface area contributed by atoms with Crippen LogP contribution in [0.4, 0.5) is 0 Å². The lowest BCUT2D eigenvalue weighted by molar-refractivity contribution is -0.145. The van der Waals surface area contributed by atoms with Gasteiger partial charge in [0.2, 0.25) is 0 Å². The van der Waals surface area contributed by atoms with Crippen molar-refractivity contribution in [2.45, 2.75) is 13.8 Å². The number of nitrogens with one attached hydrogen (secondary N) is 1. The topological polar surface area (TPSA) is 64.9 Å². The number of carbonyl (C=O) groups excluding carboxylic acids is 1. The predicted octanol–water partition coefficient (Wildman–Crippen LogP) is 1.40. The summed E-state index contributed by atoms with van der Waals surface area (Å²) in [6.07, 6.45) is 0. The molecule has 0 radical (unpaired) electrons. The first-order chi connectivity index (χ1) is 8.15. The molecule has 1 heterocycles. The zero-order chi connectivity index (χ0) is 12.4. The first-order valence-corrected chi connectivity index (χ1v) is 5.52. The van der Waals surface area contributed by atoms with E-state index < -0.39 is 0 Å². The highest BCUT2D eigenvalue weighted by Crippen LogP contribution is 2.25. The minimum Gasteiger partial charge on any atom is -0.295 e. The van der Waals surface area contributed by atoms with Gasteiger partial charge in [-0.1, -0.05) is 49.8 Å². The molecule has 1 aromatic carbocycles. The summed E-state index contributed by atoms with van der Waals surface area (Å²) in [4.78, 5) is 12.0. The van der Waals surface area contributed by atoms with E-state index in [-0.39, 0.29) is 17.7 Å². The normalized spacial score (nSPS) is 20.0. The zero-order valence-corrected chi connectivity index (χ0v) is 9.79. The highest BCUT2D eigenvalue weighted by atomic mass is 16.5. The van der Waals surface area contributed by atoms with Crippen LogP contribution in [0.2, 0.25) is 0 Å². The van der Waals surface area contributed by atoms with Crippen LogP contribution in [0, 0.1) is 11.8 Å². The first kappa shape index (κ1) is 11.8. The van der Waals surface area contributed by atoms with Gasteiger partial charge in [0.15, 0.2) is 0 Å². The van der Waals surface area contributed by atoms with Crippen molar-refractivity contribution in [3.05, 3.63) is 35.9 Å². The van der Waals surface area contributed by atoms with Crippen LogP contribution in [0.25, 0.3) is 0 Å². The third-order valence-corrected chi connectivity index (χ3v) is 2.81. The second-order valence-corrected chi connectivity index (χ2v) is 4.32. The van der Waals surface area contributed by atoms with E-state index in [1.54, 1.807) is 5.59 Å². The van der Waals surface area contributed by atoms with Gasteiger partial charge in [-0.25, -0.2) is 0 Å². The molecule has 1 atom stereocenters. The smallest absolute Gasteiger partial charge is 0.269 e. The fraction of sp³-hybridized carbons (Fsp3) is 0.333. The molecular weight excluding hydrogens is 218 g/mol. The van der Waals surface area contributed by atoms with Crippen molar-refractivity contribution < 1.29 is 10.0 Å². The Bertz CT molecular complexity index is 442. The van der Waals surface area contributed by atoms with Crippen LogP contribution in [-0.4, -0.2) is 21.9 Å². The number of carbonyl (C=O) groups is 1. The minimum absolute atomic E-state index is 0.125. The monoisotopic (exact) mass is 233 g/mol. The maximum Gasteiger partial charge on any atom is 0.269 e. The predicted molar refractivity (Wildman–Crippen MR) is 63.1 cm³/mol. The second-order valence-electron chi connectivity index (χ2n) is 4.32. The Balaban J connectivity index is 2.40. The van der Waals surface area contributed by atoms with Crippen molar-refractivity contribution in [1.29, 1.82) is 0 Å². The Kier molecular flexibility index (Phi) is 3.21. The molecule has 5 heteroatoms. The van der Waals surface area contributed by atoms with E-state index in [2.05, 4.69) is 5.10 Å². The molecule has 1 amide bonds. The van der Waals surface area contributed by atoms with Crippen LogP contribution >= 0.6 is 0 Å². The maximum absolute atomic E-state index is 12.0. The van der Waals surface area contributed by atoms with E-state index in [1.807, 2.05) is 44.2 Å². The molecule has 2 rings (SSSR count). The summed E-state index contributed by atoms with van der Waals surface area (Å²) in [5, 5.41) is 13.8. The number of benzene rings is 1. The van der Waals surface area contributed by atoms with Gasteiger partial charge >= 0.3 is 0 Å². The number of nitrogens with zero attached hydrogens (tertiary/aromatic N) is 2. The molecule has 1 unspecified atom stereocenters. The molecule has 0 aliphatic carbocycles. The van der Waals surface area contributed by atoms with Gasteiger partial charge in [-0.2, -0.15) is 5.10 Å². The van der Waals surface area contributed by atoms with Gasteiger partial charge in [0.05, 0.1) is 11.6 Å². The van der Waals surface area contributed by atoms with Crippen LogP contribution in [0.1, 0.15) is 19.4 Å². The van der Waals surface area contributed by atoms with E-state index >= 15 is 0 Å². The van der Waals surface area contributed by atoms with Gasteiger partial charge in [-0.3, -0.25) is 10.0 Å². The van der Waals surface area contributed by atoms with E-state index in [0.29, 0.717) is 5.71 Å². The first-order valence-electron chi connectivity index (χ1n) is 5.52. The zero-order valence-electron chi connectivity index (χ0n) is 9.79. The maximum atomic E-state index is 12.0. The lowest BCUT2D eigenvalue weighted by Crippen LogP contribution is -2.37. The summed E-state index contributed by atoms with van der Waals surface area (Å²) in [6, 6.07) is 9.52. The highest BCUT2D eigenvalue weighted by Gasteiger charge is 2.38. The molecule has 0 saturated heterocycles. The van der Waals surface area contributed by atoms with E-state index in [4.69, 9.17) is 5.21 Å². The Morgan fingerprint density at radius 1 is 1.35 bits per heavy atom. The fourth-order valence-electron chi connectivity index (χ4n) is 1.99. The number of hydrogen-bond donors (Lipinski definition) is 2. The Morgan fingerprint density at radius 3 is 2.53 bits per heavy atom. The van der Waals surface area contributed by atoms with Gasteiger partial charge in [-0.05, 0) is 11.5 Å². The average Bonchev–Trinajstić information content (AvgIpc) is 2.67. The Labute approximate surface area is 99.7 Å². The quantitative estimate of drug-likeness (QED) is 0.775. The van der Waals surface area contributed by atoms with E-state index in [0.717, 1.165) is 10.7 Å². The van der Waals surface area contributed by atoms with E-state index in [9.17, 15) is 4.79 Å². The van der Waals surface area contributed by atoms with Crippen LogP contribution in [0.5, 0.6) is 0 Å². The molecule has 0 saturated carbocycles. The van der Waals surface area contributed by atoms with Crippen molar-refractivity contribution in [2.24, 2.45) is 16.9 Å². The summed E-state index contributed by atoms with van der Waals surface area (Å²) in [7, 11) is 0. The van der Waals surface area contributed by atoms with Crippen molar-refractivity contribution in [1.82, 2.24) is 10.7 Å². The van der Waals surface area contributed by atoms with Crippen molar-refractivity contribution in [3.8, 4) is 0 Å². The van der Waals surface area contributed by atoms with Crippen molar-refractivity contribution in [2.75, 3.05) is 0 Å². The third kappa shape index (κ3) is 2.07. The average molecular weight is 233 g/mol. The SMILES string of the molecule is CC(C)C1C(=O)N(NO)N=C1c1ccccc1. The number of hydrogen-bond acceptors (Lipinski definition) is 4. The number of hydrazine groups is 1. The molecule has 5 nitrogen and oxygen atoms in total. The molecule has 0 aromatic heterocycles. The van der Waals surface area contributed by atoms with Crippen molar-refractivity contribution >= 4 is 11.6 Å². The van der Waals surface area contributed by atoms with Crippen LogP contribution in [0.15, 0.2) is 35.4 Å². The summed E-state index contributed by atoms with van der Waals surface area (Å²) in [5.41, 5.74) is 3.38. The van der Waals surface area contributed by atoms with Gasteiger partial charge in [0.1, 0.15) is 0 Å². The van der Waals surface area contributed by atoms with Gasteiger partial charge in [-0.15, -0.1) is 5.12 Å². The molecule has 2 N–H and O–H groups in total. The standard InChI is InChI=1S/C12H15N3O2/c1-8(2)10-11(9-6-4-3-5-7-9)13-15(14-17)12(10)16/h3-8,10,14,17H,1-2H3. The van der Waals surface area contributed by atoms with Gasteiger partial charge in [0, 0.05) is 0 Å². The molecular formula is C12H15N3O2. The molecule has 1 aromatic rings. The molecule has 0 fully saturated rings. The Hall–Kier alpha value is -1.72. The van der Waals surface area contributed by atoms with Crippen LogP contribution in [-0.2, 0) is 4.79 Å². The Morgan fingerprint density at radius 2 is 2.00 bits per heavy atom. The van der Waals surface area contributed by atoms with Crippen LogP contribution < -0.4 is 5.59 Å². The molecule has 0 bridgehead atoms. The van der Waals surface area contributed by atoms with Gasteiger partial charge in [0.25, 0.3) is 5.91 Å². The molecule has 1 aliphatic heterocycles. The summed E-state index contributed by atoms with van der Waals surface area (Å²) in [5.74, 6) is -0.432. The number of amides is 1. The summed E-state index contributed by atoms with van der Waals surface area (Å²) in [6.45, 7) is 3.92. The lowest BCUT2D eigenvalue weighted by Gasteiger charge is -2.15. The third-order valence-electron chi connectivity index (χ3n) is 2.81. The van der Waals surface area contributed by atoms with Gasteiger partial charge < -0.3 is 0 Å². The highest BCUT2D eigenvalue weighted by molar-refractivity contribution is 6.16. The second kappa shape index (κ2) is 4.65. The molecule has 1 aliphatic rings. The summed E-state index contributed by atoms with van der Waals surface area (Å²) >= 11 is 0.